The third kappa shape index (κ3) is 1.60. The molecule has 58 valence electrons. The van der Waals surface area contributed by atoms with Gasteiger partial charge in [0, 0.05) is 23.4 Å². The Morgan fingerprint density at radius 1 is 1.55 bits per heavy atom. The fourth-order valence-electron chi connectivity index (χ4n) is 0.722. The van der Waals surface area contributed by atoms with Gasteiger partial charge >= 0.3 is 7.12 Å². The topological polar surface area (TPSA) is 99.3 Å². The number of hydrogen-bond donors (Lipinski definition) is 4. The summed E-state index contributed by atoms with van der Waals surface area (Å²) in [7, 11) is -1.65. The van der Waals surface area contributed by atoms with E-state index in [2.05, 4.69) is 4.98 Å². The second kappa shape index (κ2) is 2.77. The van der Waals surface area contributed by atoms with Crippen LogP contribution >= 0.6 is 0 Å². The Kier molecular flexibility index (Phi) is 1.97. The van der Waals surface area contributed by atoms with Gasteiger partial charge in [0.2, 0.25) is 5.56 Å². The van der Waals surface area contributed by atoms with Crippen molar-refractivity contribution in [1.29, 1.82) is 0 Å². The maximum absolute atomic E-state index is 10.6. The summed E-state index contributed by atoms with van der Waals surface area (Å²) in [6.07, 6.45) is 1.17. The molecule has 1 aromatic rings. The summed E-state index contributed by atoms with van der Waals surface area (Å²) in [5, 5.41) is 17.3. The highest BCUT2D eigenvalue weighted by Gasteiger charge is 2.14. The Morgan fingerprint density at radius 2 is 2.18 bits per heavy atom. The zero-order valence-corrected chi connectivity index (χ0v) is 5.61. The minimum Gasteiger partial charge on any atom is -0.423 e. The molecule has 1 aromatic heterocycles. The molecule has 0 aliphatic heterocycles. The maximum atomic E-state index is 10.6. The molecule has 0 amide bonds. The van der Waals surface area contributed by atoms with Crippen LogP contribution in [0.3, 0.4) is 0 Å². The van der Waals surface area contributed by atoms with Gasteiger partial charge in [0.05, 0.1) is 0 Å². The summed E-state index contributed by atoms with van der Waals surface area (Å²) in [6.45, 7) is 0. The number of anilines is 1. The number of rotatable bonds is 1. The zero-order valence-electron chi connectivity index (χ0n) is 5.61. The standard InChI is InChI=1S/C5H7BN2O3/c7-4-1-5(9)8-2-3(4)6(10)11/h1-2,10-11H,(H3,7,8,9). The first kappa shape index (κ1) is 7.84. The van der Waals surface area contributed by atoms with Gasteiger partial charge in [0.15, 0.2) is 0 Å². The second-order valence-electron chi connectivity index (χ2n) is 2.08. The number of pyridine rings is 1. The van der Waals surface area contributed by atoms with Gasteiger partial charge in [-0.05, 0) is 0 Å². The molecule has 0 saturated heterocycles. The minimum absolute atomic E-state index is 0.0729. The number of aromatic amines is 1. The monoisotopic (exact) mass is 154 g/mol. The van der Waals surface area contributed by atoms with Gasteiger partial charge in [-0.15, -0.1) is 0 Å². The molecule has 0 bridgehead atoms. The smallest absolute Gasteiger partial charge is 0.423 e. The molecular formula is C5H7BN2O3. The molecule has 0 aliphatic carbocycles. The van der Waals surface area contributed by atoms with Crippen molar-refractivity contribution in [2.24, 2.45) is 0 Å². The number of H-pyrrole nitrogens is 1. The lowest BCUT2D eigenvalue weighted by Gasteiger charge is -2.00. The normalized spacial score (nSPS) is 9.64. The van der Waals surface area contributed by atoms with Crippen molar-refractivity contribution >= 4 is 18.3 Å². The van der Waals surface area contributed by atoms with Crippen molar-refractivity contribution in [2.75, 3.05) is 5.73 Å². The number of hydrogen-bond acceptors (Lipinski definition) is 4. The van der Waals surface area contributed by atoms with Crippen molar-refractivity contribution < 1.29 is 10.0 Å². The summed E-state index contributed by atoms with van der Waals surface area (Å²) in [6, 6.07) is 1.09. The molecule has 6 heteroatoms. The Hall–Kier alpha value is -1.27. The molecule has 11 heavy (non-hydrogen) atoms. The van der Waals surface area contributed by atoms with Crippen molar-refractivity contribution in [3.05, 3.63) is 22.6 Å². The van der Waals surface area contributed by atoms with E-state index in [0.717, 1.165) is 6.07 Å². The number of aromatic nitrogens is 1. The van der Waals surface area contributed by atoms with Crippen LogP contribution in [0.15, 0.2) is 17.1 Å². The first-order valence-corrected chi connectivity index (χ1v) is 2.95. The van der Waals surface area contributed by atoms with Crippen molar-refractivity contribution in [3.8, 4) is 0 Å². The molecular weight excluding hydrogens is 147 g/mol. The lowest BCUT2D eigenvalue weighted by atomic mass is 9.80. The fraction of sp³-hybridized carbons (Fsp3) is 0. The van der Waals surface area contributed by atoms with Crippen LogP contribution in [-0.2, 0) is 0 Å². The van der Waals surface area contributed by atoms with Crippen LogP contribution in [0.1, 0.15) is 0 Å². The van der Waals surface area contributed by atoms with Crippen molar-refractivity contribution in [2.45, 2.75) is 0 Å². The molecule has 0 aliphatic rings. The molecule has 5 N–H and O–H groups in total. The SMILES string of the molecule is Nc1cc(=O)[nH]cc1B(O)O. The number of nitrogens with one attached hydrogen (secondary N) is 1. The van der Waals surface area contributed by atoms with Crippen LogP contribution in [0.2, 0.25) is 0 Å². The first-order chi connectivity index (χ1) is 5.11. The lowest BCUT2D eigenvalue weighted by Crippen LogP contribution is -2.34. The molecule has 0 unspecified atom stereocenters. The average Bonchev–Trinajstić information content (AvgIpc) is 1.85. The van der Waals surface area contributed by atoms with E-state index in [9.17, 15) is 4.79 Å². The summed E-state index contributed by atoms with van der Waals surface area (Å²) in [4.78, 5) is 12.8. The van der Waals surface area contributed by atoms with E-state index in [4.69, 9.17) is 15.8 Å². The van der Waals surface area contributed by atoms with Crippen LogP contribution < -0.4 is 16.8 Å². The Balaban J connectivity index is 3.20. The Bertz CT molecular complexity index is 309. The third-order valence-electron chi connectivity index (χ3n) is 1.27. The van der Waals surface area contributed by atoms with E-state index in [1.54, 1.807) is 0 Å². The molecule has 0 spiro atoms. The van der Waals surface area contributed by atoms with Crippen molar-refractivity contribution in [3.63, 3.8) is 0 Å². The summed E-state index contributed by atoms with van der Waals surface area (Å²) < 4.78 is 0. The lowest BCUT2D eigenvalue weighted by molar-refractivity contribution is 0.426. The van der Waals surface area contributed by atoms with Gasteiger partial charge in [-0.3, -0.25) is 4.79 Å². The van der Waals surface area contributed by atoms with Gasteiger partial charge in [-0.25, -0.2) is 0 Å². The van der Waals surface area contributed by atoms with E-state index in [-0.39, 0.29) is 16.7 Å². The molecule has 0 aromatic carbocycles. The highest BCUT2D eigenvalue weighted by atomic mass is 16.4. The highest BCUT2D eigenvalue weighted by Crippen LogP contribution is 1.89. The van der Waals surface area contributed by atoms with E-state index in [1.165, 1.54) is 6.20 Å². The zero-order chi connectivity index (χ0) is 8.43. The Morgan fingerprint density at radius 3 is 2.64 bits per heavy atom. The number of nitrogen functional groups attached to an aromatic ring is 1. The van der Waals surface area contributed by atoms with Crippen LogP contribution in [0.25, 0.3) is 0 Å². The Labute approximate surface area is 62.6 Å². The van der Waals surface area contributed by atoms with Gasteiger partial charge in [0.25, 0.3) is 0 Å². The van der Waals surface area contributed by atoms with E-state index >= 15 is 0 Å². The molecule has 0 radical (unpaired) electrons. The average molecular weight is 154 g/mol. The molecule has 0 saturated carbocycles. The quantitative estimate of drug-likeness (QED) is 0.340. The van der Waals surface area contributed by atoms with Gasteiger partial charge in [-0.2, -0.15) is 0 Å². The largest absolute Gasteiger partial charge is 0.492 e. The van der Waals surface area contributed by atoms with E-state index in [0.29, 0.717) is 0 Å². The maximum Gasteiger partial charge on any atom is 0.492 e. The van der Waals surface area contributed by atoms with E-state index in [1.807, 2.05) is 0 Å². The molecule has 0 atom stereocenters. The molecule has 0 fully saturated rings. The van der Waals surface area contributed by atoms with Crippen LogP contribution in [0.5, 0.6) is 0 Å². The van der Waals surface area contributed by atoms with Crippen molar-refractivity contribution in [1.82, 2.24) is 4.98 Å². The molecule has 1 heterocycles. The van der Waals surface area contributed by atoms with Crippen LogP contribution in [-0.4, -0.2) is 22.2 Å². The summed E-state index contributed by atoms with van der Waals surface area (Å²) >= 11 is 0. The summed E-state index contributed by atoms with van der Waals surface area (Å²) in [5.41, 5.74) is 5.09. The highest BCUT2D eigenvalue weighted by molar-refractivity contribution is 6.60. The first-order valence-electron chi connectivity index (χ1n) is 2.95. The predicted molar refractivity (Wildman–Crippen MR) is 41.3 cm³/mol. The van der Waals surface area contributed by atoms with Gasteiger partial charge in [-0.1, -0.05) is 0 Å². The molecule has 5 nitrogen and oxygen atoms in total. The fourth-order valence-corrected chi connectivity index (χ4v) is 0.722. The second-order valence-corrected chi connectivity index (χ2v) is 2.08. The van der Waals surface area contributed by atoms with E-state index < -0.39 is 7.12 Å². The third-order valence-corrected chi connectivity index (χ3v) is 1.27. The van der Waals surface area contributed by atoms with Crippen LogP contribution in [0, 0.1) is 0 Å². The summed E-state index contributed by atoms with van der Waals surface area (Å²) in [5.74, 6) is 0. The van der Waals surface area contributed by atoms with Crippen LogP contribution in [0.4, 0.5) is 5.69 Å². The predicted octanol–water partition coefficient (Wildman–Crippen LogP) is -2.36. The number of nitrogens with two attached hydrogens (primary N) is 1. The van der Waals surface area contributed by atoms with Gasteiger partial charge in [0.1, 0.15) is 0 Å². The molecule has 1 rings (SSSR count). The minimum atomic E-state index is -1.65. The van der Waals surface area contributed by atoms with Gasteiger partial charge < -0.3 is 20.8 Å².